The van der Waals surface area contributed by atoms with Gasteiger partial charge in [-0.2, -0.15) is 0 Å². The Balaban J connectivity index is 2.27. The molecule has 2 heteroatoms. The van der Waals surface area contributed by atoms with Crippen molar-refractivity contribution in [2.24, 2.45) is 5.92 Å². The normalized spacial score (nSPS) is 11.9. The number of carbonyl (C=O) groups excluding carboxylic acids is 1. The molecule has 0 aromatic heterocycles. The number of amides is 1. The van der Waals surface area contributed by atoms with Crippen molar-refractivity contribution in [3.8, 4) is 0 Å². The van der Waals surface area contributed by atoms with Crippen LogP contribution in [0.15, 0.2) is 60.7 Å². The minimum absolute atomic E-state index is 0.0407. The van der Waals surface area contributed by atoms with E-state index in [0.29, 0.717) is 6.54 Å². The van der Waals surface area contributed by atoms with Crippen molar-refractivity contribution in [3.05, 3.63) is 66.2 Å². The molecule has 0 radical (unpaired) electrons. The molecule has 0 saturated carbocycles. The van der Waals surface area contributed by atoms with E-state index in [4.69, 9.17) is 0 Å². The van der Waals surface area contributed by atoms with Crippen LogP contribution in [0.4, 0.5) is 5.69 Å². The molecule has 0 spiro atoms. The summed E-state index contributed by atoms with van der Waals surface area (Å²) in [5.74, 6) is 0.224. The average molecular weight is 267 g/mol. The fourth-order valence-corrected chi connectivity index (χ4v) is 2.11. The van der Waals surface area contributed by atoms with Crippen LogP contribution in [0.3, 0.4) is 0 Å². The van der Waals surface area contributed by atoms with Crippen molar-refractivity contribution in [3.63, 3.8) is 0 Å². The van der Waals surface area contributed by atoms with E-state index in [2.05, 4.69) is 12.1 Å². The number of para-hydroxylation sites is 1. The van der Waals surface area contributed by atoms with Gasteiger partial charge in [0.1, 0.15) is 0 Å². The first-order valence-electron chi connectivity index (χ1n) is 7.12. The lowest BCUT2D eigenvalue weighted by atomic mass is 10.1. The van der Waals surface area contributed by atoms with Crippen LogP contribution in [0.25, 0.3) is 0 Å². The number of nitrogens with zero attached hydrogens (tertiary/aromatic N) is 1. The van der Waals surface area contributed by atoms with Gasteiger partial charge in [0.25, 0.3) is 0 Å². The van der Waals surface area contributed by atoms with Crippen molar-refractivity contribution in [1.29, 1.82) is 0 Å². The van der Waals surface area contributed by atoms with Crippen LogP contribution in [0.2, 0.25) is 0 Å². The van der Waals surface area contributed by atoms with Crippen molar-refractivity contribution < 1.29 is 4.79 Å². The number of hydrogen-bond donors (Lipinski definition) is 0. The van der Waals surface area contributed by atoms with E-state index in [1.807, 2.05) is 67.3 Å². The van der Waals surface area contributed by atoms with E-state index in [9.17, 15) is 4.79 Å². The highest BCUT2D eigenvalue weighted by Gasteiger charge is 2.20. The molecule has 2 aromatic rings. The third-order valence-electron chi connectivity index (χ3n) is 3.55. The summed E-state index contributed by atoms with van der Waals surface area (Å²) in [6.07, 6.45) is 0.858. The van der Waals surface area contributed by atoms with Gasteiger partial charge in [0.05, 0.1) is 6.54 Å². The Bertz CT molecular complexity index is 536. The summed E-state index contributed by atoms with van der Waals surface area (Å²) in [7, 11) is 0. The first-order chi connectivity index (χ1) is 9.72. The summed E-state index contributed by atoms with van der Waals surface area (Å²) >= 11 is 0. The maximum Gasteiger partial charge on any atom is 0.230 e. The Morgan fingerprint density at radius 3 is 2.10 bits per heavy atom. The van der Waals surface area contributed by atoms with Crippen molar-refractivity contribution in [1.82, 2.24) is 0 Å². The average Bonchev–Trinajstić information content (AvgIpc) is 2.53. The molecule has 2 rings (SSSR count). The lowest BCUT2D eigenvalue weighted by Crippen LogP contribution is -2.34. The standard InChI is InChI=1S/C18H21NO/c1-3-15(2)18(20)19(17-12-8-5-9-13-17)14-16-10-6-4-7-11-16/h4-13,15H,3,14H2,1-2H3/t15-/m0/s1. The number of anilines is 1. The summed E-state index contributed by atoms with van der Waals surface area (Å²) in [6, 6.07) is 20.0. The van der Waals surface area contributed by atoms with E-state index < -0.39 is 0 Å². The Labute approximate surface area is 121 Å². The molecule has 0 aliphatic carbocycles. The minimum atomic E-state index is 0.0407. The highest BCUT2D eigenvalue weighted by Crippen LogP contribution is 2.20. The van der Waals surface area contributed by atoms with Crippen LogP contribution in [0.5, 0.6) is 0 Å². The summed E-state index contributed by atoms with van der Waals surface area (Å²) in [5, 5.41) is 0. The van der Waals surface area contributed by atoms with Gasteiger partial charge in [0, 0.05) is 11.6 Å². The van der Waals surface area contributed by atoms with Gasteiger partial charge < -0.3 is 4.90 Å². The zero-order valence-electron chi connectivity index (χ0n) is 12.1. The Kier molecular flexibility index (Phi) is 4.94. The van der Waals surface area contributed by atoms with Crippen LogP contribution < -0.4 is 4.90 Å². The van der Waals surface area contributed by atoms with E-state index >= 15 is 0 Å². The monoisotopic (exact) mass is 267 g/mol. The molecule has 0 bridgehead atoms. The van der Waals surface area contributed by atoms with Gasteiger partial charge in [-0.1, -0.05) is 62.4 Å². The van der Waals surface area contributed by atoms with Crippen LogP contribution in [-0.4, -0.2) is 5.91 Å². The molecule has 0 unspecified atom stereocenters. The topological polar surface area (TPSA) is 20.3 Å². The SMILES string of the molecule is CC[C@H](C)C(=O)N(Cc1ccccc1)c1ccccc1. The van der Waals surface area contributed by atoms with Crippen molar-refractivity contribution in [2.45, 2.75) is 26.8 Å². The molecule has 0 N–H and O–H groups in total. The summed E-state index contributed by atoms with van der Waals surface area (Å²) in [5.41, 5.74) is 2.11. The van der Waals surface area contributed by atoms with Gasteiger partial charge in [-0.3, -0.25) is 4.79 Å². The fraction of sp³-hybridized carbons (Fsp3) is 0.278. The van der Waals surface area contributed by atoms with Gasteiger partial charge in [0.15, 0.2) is 0 Å². The smallest absolute Gasteiger partial charge is 0.230 e. The first-order valence-corrected chi connectivity index (χ1v) is 7.12. The first kappa shape index (κ1) is 14.3. The van der Waals surface area contributed by atoms with Gasteiger partial charge in [-0.25, -0.2) is 0 Å². The lowest BCUT2D eigenvalue weighted by Gasteiger charge is -2.25. The molecule has 0 aliphatic heterocycles. The van der Waals surface area contributed by atoms with Gasteiger partial charge in [0.2, 0.25) is 5.91 Å². The Morgan fingerprint density at radius 2 is 1.55 bits per heavy atom. The predicted octanol–water partition coefficient (Wildman–Crippen LogP) is 4.27. The zero-order chi connectivity index (χ0) is 14.4. The molecule has 1 atom stereocenters. The molecule has 0 saturated heterocycles. The lowest BCUT2D eigenvalue weighted by molar-refractivity contribution is -0.122. The molecule has 1 amide bonds. The molecule has 0 fully saturated rings. The van der Waals surface area contributed by atoms with Crippen LogP contribution in [0.1, 0.15) is 25.8 Å². The van der Waals surface area contributed by atoms with E-state index in [1.54, 1.807) is 0 Å². The maximum absolute atomic E-state index is 12.6. The Hall–Kier alpha value is -2.09. The number of rotatable bonds is 5. The molecule has 0 aliphatic rings. The highest BCUT2D eigenvalue weighted by molar-refractivity contribution is 5.94. The molecule has 20 heavy (non-hydrogen) atoms. The second-order valence-electron chi connectivity index (χ2n) is 5.05. The third kappa shape index (κ3) is 3.47. The summed E-state index contributed by atoms with van der Waals surface area (Å²) < 4.78 is 0. The van der Waals surface area contributed by atoms with Gasteiger partial charge in [-0.15, -0.1) is 0 Å². The van der Waals surface area contributed by atoms with E-state index in [-0.39, 0.29) is 11.8 Å². The highest BCUT2D eigenvalue weighted by atomic mass is 16.2. The van der Waals surface area contributed by atoms with Crippen LogP contribution >= 0.6 is 0 Å². The quantitative estimate of drug-likeness (QED) is 0.792. The third-order valence-corrected chi connectivity index (χ3v) is 3.55. The molecule has 2 aromatic carbocycles. The van der Waals surface area contributed by atoms with Gasteiger partial charge in [-0.05, 0) is 24.1 Å². The van der Waals surface area contributed by atoms with Crippen molar-refractivity contribution in [2.75, 3.05) is 4.90 Å². The number of hydrogen-bond acceptors (Lipinski definition) is 1. The van der Waals surface area contributed by atoms with Crippen molar-refractivity contribution >= 4 is 11.6 Å². The molecule has 0 heterocycles. The van der Waals surface area contributed by atoms with Crippen LogP contribution in [0, 0.1) is 5.92 Å². The Morgan fingerprint density at radius 1 is 1.00 bits per heavy atom. The molecule has 2 nitrogen and oxygen atoms in total. The predicted molar refractivity (Wildman–Crippen MR) is 83.5 cm³/mol. The molecular formula is C18H21NO. The second kappa shape index (κ2) is 6.90. The number of benzene rings is 2. The minimum Gasteiger partial charge on any atom is -0.308 e. The number of carbonyl (C=O) groups is 1. The van der Waals surface area contributed by atoms with E-state index in [0.717, 1.165) is 17.7 Å². The van der Waals surface area contributed by atoms with Gasteiger partial charge >= 0.3 is 0 Å². The zero-order valence-corrected chi connectivity index (χ0v) is 12.1. The summed E-state index contributed by atoms with van der Waals surface area (Å²) in [6.45, 7) is 4.66. The molecular weight excluding hydrogens is 246 g/mol. The largest absolute Gasteiger partial charge is 0.308 e. The second-order valence-corrected chi connectivity index (χ2v) is 5.05. The van der Waals surface area contributed by atoms with E-state index in [1.165, 1.54) is 0 Å². The summed E-state index contributed by atoms with van der Waals surface area (Å²) in [4.78, 5) is 14.5. The molecule has 104 valence electrons. The fourth-order valence-electron chi connectivity index (χ4n) is 2.11. The maximum atomic E-state index is 12.6. The van der Waals surface area contributed by atoms with Crippen LogP contribution in [-0.2, 0) is 11.3 Å².